The van der Waals surface area contributed by atoms with Gasteiger partial charge in [0.1, 0.15) is 0 Å². The van der Waals surface area contributed by atoms with Gasteiger partial charge in [0.15, 0.2) is 6.10 Å². The lowest BCUT2D eigenvalue weighted by atomic mass is 10.0. The molecule has 5 rings (SSSR count). The third-order valence-corrected chi connectivity index (χ3v) is 6.35. The van der Waals surface area contributed by atoms with Gasteiger partial charge in [-0.05, 0) is 56.2 Å². The van der Waals surface area contributed by atoms with Gasteiger partial charge >= 0.3 is 0 Å². The number of ether oxygens (including phenoxy) is 1. The van der Waals surface area contributed by atoms with Crippen molar-refractivity contribution in [2.45, 2.75) is 32.9 Å². The third kappa shape index (κ3) is 4.48. The van der Waals surface area contributed by atoms with Crippen LogP contribution in [-0.4, -0.2) is 35.4 Å². The third-order valence-electron chi connectivity index (χ3n) is 6.35. The zero-order chi connectivity index (χ0) is 24.7. The predicted octanol–water partition coefficient (Wildman–Crippen LogP) is 3.95. The number of rotatable bonds is 6. The molecule has 8 heteroatoms. The number of H-pyrrole nitrogens is 1. The fraction of sp³-hybridized carbons (Fsp3) is 0.222. The maximum absolute atomic E-state index is 12.9. The molecule has 0 bridgehead atoms. The molecule has 2 atom stereocenters. The van der Waals surface area contributed by atoms with Crippen molar-refractivity contribution < 1.29 is 19.1 Å². The van der Waals surface area contributed by atoms with Crippen molar-refractivity contribution in [1.29, 1.82) is 0 Å². The van der Waals surface area contributed by atoms with Crippen molar-refractivity contribution >= 4 is 40.7 Å². The molecule has 2 aromatic carbocycles. The van der Waals surface area contributed by atoms with E-state index in [0.717, 1.165) is 16.8 Å². The topological polar surface area (TPSA) is 116 Å². The number of epoxide rings is 1. The van der Waals surface area contributed by atoms with Crippen molar-refractivity contribution in [2.24, 2.45) is 0 Å². The van der Waals surface area contributed by atoms with Gasteiger partial charge in [-0.1, -0.05) is 30.3 Å². The molecule has 3 amide bonds. The molecule has 0 aliphatic carbocycles. The highest BCUT2D eigenvalue weighted by atomic mass is 16.6. The lowest BCUT2D eigenvalue weighted by molar-refractivity contribution is -0.117. The maximum Gasteiger partial charge on any atom is 0.256 e. The Balaban J connectivity index is 1.41. The fourth-order valence-corrected chi connectivity index (χ4v) is 4.23. The molecule has 2 aliphatic heterocycles. The average molecular weight is 471 g/mol. The quantitative estimate of drug-likeness (QED) is 0.322. The number of carbonyl (C=O) groups is 3. The van der Waals surface area contributed by atoms with Gasteiger partial charge < -0.3 is 25.7 Å². The van der Waals surface area contributed by atoms with Crippen molar-refractivity contribution in [2.75, 3.05) is 17.2 Å². The van der Waals surface area contributed by atoms with Gasteiger partial charge in [-0.15, -0.1) is 0 Å². The zero-order valence-corrected chi connectivity index (χ0v) is 19.7. The molecule has 3 heterocycles. The molecule has 4 N–H and O–H groups in total. The molecule has 1 aromatic heterocycles. The Labute approximate surface area is 202 Å². The minimum Gasteiger partial charge on any atom is -0.363 e. The van der Waals surface area contributed by atoms with Crippen molar-refractivity contribution in [1.82, 2.24) is 10.3 Å². The Kier molecular flexibility index (Phi) is 5.74. The van der Waals surface area contributed by atoms with E-state index in [0.29, 0.717) is 40.4 Å². The fourth-order valence-electron chi connectivity index (χ4n) is 4.23. The number of aromatic amines is 1. The first-order valence-electron chi connectivity index (χ1n) is 11.5. The minimum absolute atomic E-state index is 0.161. The van der Waals surface area contributed by atoms with E-state index in [1.807, 2.05) is 51.1 Å². The number of aromatic nitrogens is 1. The van der Waals surface area contributed by atoms with Crippen molar-refractivity contribution in [3.05, 3.63) is 82.2 Å². The first kappa shape index (κ1) is 22.6. The van der Waals surface area contributed by atoms with Crippen LogP contribution in [0, 0.1) is 13.8 Å². The summed E-state index contributed by atoms with van der Waals surface area (Å²) in [6.45, 7) is 6.10. The molecule has 178 valence electrons. The molecule has 0 saturated carbocycles. The Morgan fingerprint density at radius 2 is 1.89 bits per heavy atom. The van der Waals surface area contributed by atoms with E-state index in [1.165, 1.54) is 0 Å². The van der Waals surface area contributed by atoms with E-state index in [4.69, 9.17) is 4.74 Å². The Morgan fingerprint density at radius 1 is 1.14 bits per heavy atom. The molecule has 2 aliphatic rings. The highest BCUT2D eigenvalue weighted by molar-refractivity contribution is 6.35. The molecule has 0 spiro atoms. The Morgan fingerprint density at radius 3 is 2.60 bits per heavy atom. The van der Waals surface area contributed by atoms with Crippen LogP contribution < -0.4 is 16.0 Å². The smallest absolute Gasteiger partial charge is 0.256 e. The van der Waals surface area contributed by atoms with Crippen LogP contribution in [0.15, 0.2) is 48.5 Å². The second kappa shape index (κ2) is 8.88. The Bertz CT molecular complexity index is 1370. The average Bonchev–Trinajstić information content (AvgIpc) is 3.61. The predicted molar refractivity (Wildman–Crippen MR) is 134 cm³/mol. The van der Waals surface area contributed by atoms with Crippen LogP contribution in [0.1, 0.15) is 51.4 Å². The molecule has 1 unspecified atom stereocenters. The van der Waals surface area contributed by atoms with Crippen molar-refractivity contribution in [3.63, 3.8) is 0 Å². The molecule has 1 fully saturated rings. The molecule has 8 nitrogen and oxygen atoms in total. The summed E-state index contributed by atoms with van der Waals surface area (Å²) in [6, 6.07) is 14.7. The van der Waals surface area contributed by atoms with Crippen LogP contribution >= 0.6 is 0 Å². The number of nitrogens with one attached hydrogen (secondary N) is 4. The number of hydrogen-bond acceptors (Lipinski definition) is 4. The summed E-state index contributed by atoms with van der Waals surface area (Å²) in [5, 5.41) is 8.76. The molecule has 0 radical (unpaired) electrons. The summed E-state index contributed by atoms with van der Waals surface area (Å²) in [6.07, 6.45) is 1.35. The van der Waals surface area contributed by atoms with Crippen LogP contribution in [0.25, 0.3) is 11.6 Å². The highest BCUT2D eigenvalue weighted by Gasteiger charge is 2.32. The summed E-state index contributed by atoms with van der Waals surface area (Å²) in [7, 11) is 0. The van der Waals surface area contributed by atoms with Crippen LogP contribution in [0.4, 0.5) is 11.4 Å². The number of amides is 3. The second-order valence-corrected chi connectivity index (χ2v) is 8.85. The van der Waals surface area contributed by atoms with E-state index < -0.39 is 6.10 Å². The van der Waals surface area contributed by atoms with E-state index in [9.17, 15) is 14.4 Å². The lowest BCUT2D eigenvalue weighted by Gasteiger charge is -2.14. The number of fused-ring (bicyclic) bond motifs is 1. The van der Waals surface area contributed by atoms with Gasteiger partial charge in [-0.3, -0.25) is 14.4 Å². The SMILES string of the molecule is Cc1[nH]c(/C=C2\C(=O)Nc3ccc(C(=O)N[C@H](C)c4ccccc4)cc32)c(C)c1NC(=O)C1CO1. The number of hydrogen-bond donors (Lipinski definition) is 4. The zero-order valence-electron chi connectivity index (χ0n) is 19.7. The lowest BCUT2D eigenvalue weighted by Crippen LogP contribution is -2.26. The summed E-state index contributed by atoms with van der Waals surface area (Å²) in [4.78, 5) is 41.1. The van der Waals surface area contributed by atoms with E-state index >= 15 is 0 Å². The van der Waals surface area contributed by atoms with E-state index in [2.05, 4.69) is 20.9 Å². The number of anilines is 2. The minimum atomic E-state index is -0.396. The van der Waals surface area contributed by atoms with Gasteiger partial charge in [0.05, 0.1) is 23.9 Å². The number of aryl methyl sites for hydroxylation is 1. The number of benzene rings is 2. The van der Waals surface area contributed by atoms with Crippen LogP contribution in [0.5, 0.6) is 0 Å². The van der Waals surface area contributed by atoms with Crippen molar-refractivity contribution in [3.8, 4) is 0 Å². The summed E-state index contributed by atoms with van der Waals surface area (Å²) < 4.78 is 5.05. The maximum atomic E-state index is 12.9. The van der Waals surface area contributed by atoms with Crippen LogP contribution in [0.2, 0.25) is 0 Å². The van der Waals surface area contributed by atoms with Gasteiger partial charge in [-0.2, -0.15) is 0 Å². The monoisotopic (exact) mass is 470 g/mol. The van der Waals surface area contributed by atoms with Crippen LogP contribution in [-0.2, 0) is 14.3 Å². The molecule has 35 heavy (non-hydrogen) atoms. The molecule has 1 saturated heterocycles. The molecule has 3 aromatic rings. The highest BCUT2D eigenvalue weighted by Crippen LogP contribution is 2.35. The van der Waals surface area contributed by atoms with Gasteiger partial charge in [0.25, 0.3) is 17.7 Å². The summed E-state index contributed by atoms with van der Waals surface area (Å²) in [5.41, 5.74) is 6.20. The van der Waals surface area contributed by atoms with E-state index in [-0.39, 0.29) is 23.8 Å². The van der Waals surface area contributed by atoms with E-state index in [1.54, 1.807) is 24.3 Å². The van der Waals surface area contributed by atoms with Crippen LogP contribution in [0.3, 0.4) is 0 Å². The first-order chi connectivity index (χ1) is 16.8. The first-order valence-corrected chi connectivity index (χ1v) is 11.5. The van der Waals surface area contributed by atoms with Gasteiger partial charge in [-0.25, -0.2) is 0 Å². The summed E-state index contributed by atoms with van der Waals surface area (Å²) >= 11 is 0. The molecular weight excluding hydrogens is 444 g/mol. The van der Waals surface area contributed by atoms with Gasteiger partial charge in [0, 0.05) is 28.2 Å². The van der Waals surface area contributed by atoms with Gasteiger partial charge in [0.2, 0.25) is 0 Å². The number of carbonyl (C=O) groups excluding carboxylic acids is 3. The largest absolute Gasteiger partial charge is 0.363 e. The standard InChI is InChI=1S/C27H26N4O4/c1-14-22(28-16(3)24(14)31-27(34)23-13-35-23)12-20-19-11-18(9-10-21(19)30-26(20)33)25(32)29-15(2)17-7-5-4-6-8-17/h4-12,15,23,28H,13H2,1-3H3,(H,29,32)(H,30,33)(H,31,34)/b20-12-/t15-,23?/m1/s1. The molecular formula is C27H26N4O4. The second-order valence-electron chi connectivity index (χ2n) is 8.85. The normalized spacial score (nSPS) is 18.1. The summed E-state index contributed by atoms with van der Waals surface area (Å²) in [5.74, 6) is -0.653. The Hall–Kier alpha value is -4.17.